The van der Waals surface area contributed by atoms with E-state index in [1.807, 2.05) is 24.3 Å². The third-order valence-corrected chi connectivity index (χ3v) is 7.05. The molecule has 4 aliphatic carbocycles. The molecule has 4 fully saturated rings. The Kier molecular flexibility index (Phi) is 3.58. The third kappa shape index (κ3) is 2.71. The van der Waals surface area contributed by atoms with Crippen LogP contribution in [0.25, 0.3) is 0 Å². The fourth-order valence-corrected chi connectivity index (χ4v) is 7.33. The van der Waals surface area contributed by atoms with Gasteiger partial charge in [-0.15, -0.1) is 0 Å². The van der Waals surface area contributed by atoms with E-state index in [0.29, 0.717) is 15.8 Å². The molecule has 118 valence electrons. The fraction of sp³-hybridized carbons (Fsp3) is 0.611. The lowest BCUT2D eigenvalue weighted by atomic mass is 9.48. The number of para-hydroxylation sites is 1. The number of benzene rings is 1. The zero-order valence-corrected chi connectivity index (χ0v) is 14.9. The highest BCUT2D eigenvalue weighted by molar-refractivity contribution is 9.10. The molecule has 0 spiro atoms. The Morgan fingerprint density at radius 1 is 1.23 bits per heavy atom. The van der Waals surface area contributed by atoms with E-state index < -0.39 is 0 Å². The first-order valence-corrected chi connectivity index (χ1v) is 9.36. The molecule has 1 aromatic carbocycles. The van der Waals surface area contributed by atoms with Gasteiger partial charge in [0.25, 0.3) is 0 Å². The molecule has 4 heteroatoms. The number of nitrogens with one attached hydrogen (secondary N) is 1. The summed E-state index contributed by atoms with van der Waals surface area (Å²) in [5.41, 5.74) is 0.936. The van der Waals surface area contributed by atoms with Crippen LogP contribution in [-0.4, -0.2) is 10.2 Å². The molecule has 0 aromatic heterocycles. The number of carbonyl (C=O) groups is 1. The Labute approximate surface area is 145 Å². The van der Waals surface area contributed by atoms with Crippen molar-refractivity contribution in [2.45, 2.75) is 49.3 Å². The van der Waals surface area contributed by atoms with Gasteiger partial charge in [0, 0.05) is 10.7 Å². The van der Waals surface area contributed by atoms with E-state index in [2.05, 4.69) is 21.2 Å². The molecule has 22 heavy (non-hydrogen) atoms. The molecule has 4 saturated carbocycles. The van der Waals surface area contributed by atoms with Gasteiger partial charge < -0.3 is 5.32 Å². The first-order chi connectivity index (χ1) is 10.5. The zero-order valence-electron chi connectivity index (χ0n) is 12.6. The molecule has 0 heterocycles. The third-order valence-electron chi connectivity index (χ3n) is 5.79. The summed E-state index contributed by atoms with van der Waals surface area (Å²) in [5, 5.41) is 3.62. The molecule has 2 nitrogen and oxygen atoms in total. The summed E-state index contributed by atoms with van der Waals surface area (Å²) in [4.78, 5) is 12.6. The minimum Gasteiger partial charge on any atom is -0.325 e. The average molecular weight is 383 g/mol. The van der Waals surface area contributed by atoms with Crippen LogP contribution in [0, 0.1) is 17.3 Å². The van der Waals surface area contributed by atoms with Crippen molar-refractivity contribution < 1.29 is 4.79 Å². The van der Waals surface area contributed by atoms with Crippen LogP contribution in [0.4, 0.5) is 5.69 Å². The Bertz CT molecular complexity index is 603. The van der Waals surface area contributed by atoms with Crippen LogP contribution in [-0.2, 0) is 4.79 Å². The van der Waals surface area contributed by atoms with Crippen molar-refractivity contribution in [2.24, 2.45) is 17.3 Å². The Morgan fingerprint density at radius 3 is 2.55 bits per heavy atom. The van der Waals surface area contributed by atoms with Crippen molar-refractivity contribution in [2.75, 3.05) is 5.32 Å². The molecular weight excluding hydrogens is 362 g/mol. The predicted molar refractivity (Wildman–Crippen MR) is 93.5 cm³/mol. The van der Waals surface area contributed by atoms with Crippen molar-refractivity contribution in [1.29, 1.82) is 0 Å². The van der Waals surface area contributed by atoms with Crippen LogP contribution >= 0.6 is 27.5 Å². The molecule has 1 N–H and O–H groups in total. The van der Waals surface area contributed by atoms with Gasteiger partial charge in [0.2, 0.25) is 5.91 Å². The maximum Gasteiger partial charge on any atom is 0.224 e. The number of hydrogen-bond acceptors (Lipinski definition) is 1. The lowest BCUT2D eigenvalue weighted by molar-refractivity contribution is -0.123. The Morgan fingerprint density at radius 2 is 1.91 bits per heavy atom. The van der Waals surface area contributed by atoms with Gasteiger partial charge in [-0.3, -0.25) is 4.79 Å². The molecule has 1 amide bonds. The second kappa shape index (κ2) is 5.24. The van der Waals surface area contributed by atoms with Gasteiger partial charge in [0.05, 0.1) is 10.7 Å². The van der Waals surface area contributed by atoms with Crippen LogP contribution in [0.2, 0.25) is 5.02 Å². The summed E-state index contributed by atoms with van der Waals surface area (Å²) >= 11 is 10.2. The number of carbonyl (C=O) groups excluding carboxylic acids is 1. The van der Waals surface area contributed by atoms with E-state index in [0.717, 1.165) is 23.9 Å². The summed E-state index contributed by atoms with van der Waals surface area (Å²) in [6, 6.07) is 7.46. The van der Waals surface area contributed by atoms with E-state index >= 15 is 0 Å². The smallest absolute Gasteiger partial charge is 0.224 e. The second-order valence-electron chi connectivity index (χ2n) is 7.82. The van der Waals surface area contributed by atoms with E-state index in [1.165, 1.54) is 32.1 Å². The monoisotopic (exact) mass is 381 g/mol. The highest BCUT2D eigenvalue weighted by Gasteiger charge is 2.57. The van der Waals surface area contributed by atoms with Crippen LogP contribution in [0.1, 0.15) is 44.9 Å². The average Bonchev–Trinajstić information content (AvgIpc) is 2.37. The van der Waals surface area contributed by atoms with Gasteiger partial charge in [-0.1, -0.05) is 39.7 Å². The first kappa shape index (κ1) is 15.0. The number of anilines is 1. The van der Waals surface area contributed by atoms with Gasteiger partial charge in [-0.25, -0.2) is 0 Å². The van der Waals surface area contributed by atoms with Crippen LogP contribution in [0.15, 0.2) is 24.3 Å². The van der Waals surface area contributed by atoms with Crippen molar-refractivity contribution in [3.63, 3.8) is 0 Å². The summed E-state index contributed by atoms with van der Waals surface area (Å²) in [5.74, 6) is 1.74. The lowest BCUT2D eigenvalue weighted by Gasteiger charge is -2.60. The number of halogens is 2. The summed E-state index contributed by atoms with van der Waals surface area (Å²) in [7, 11) is 0. The zero-order chi connectivity index (χ0) is 15.4. The molecule has 4 aliphatic rings. The standard InChI is InChI=1S/C18H21BrClNO/c19-18-8-12-5-13(9-18)7-17(6-12,11-18)10-16(22)21-15-4-2-1-3-14(15)20/h1-4,12-13H,5-11H2,(H,21,22)/t12-,13-,17?,18?/m1/s1. The van der Waals surface area contributed by atoms with Gasteiger partial charge in [-0.05, 0) is 67.9 Å². The molecule has 4 bridgehead atoms. The Balaban J connectivity index is 1.49. The van der Waals surface area contributed by atoms with Crippen molar-refractivity contribution >= 4 is 39.1 Å². The molecule has 5 rings (SSSR count). The van der Waals surface area contributed by atoms with E-state index in [4.69, 9.17) is 11.6 Å². The van der Waals surface area contributed by atoms with Crippen LogP contribution in [0.3, 0.4) is 0 Å². The highest BCUT2D eigenvalue weighted by Crippen LogP contribution is 2.65. The number of rotatable bonds is 3. The summed E-state index contributed by atoms with van der Waals surface area (Å²) < 4.78 is 0.307. The lowest BCUT2D eigenvalue weighted by Crippen LogP contribution is -2.53. The summed E-state index contributed by atoms with van der Waals surface area (Å²) in [6.45, 7) is 0. The van der Waals surface area contributed by atoms with Gasteiger partial charge in [-0.2, -0.15) is 0 Å². The Hall–Kier alpha value is -0.540. The maximum atomic E-state index is 12.6. The van der Waals surface area contributed by atoms with Crippen LogP contribution in [0.5, 0.6) is 0 Å². The van der Waals surface area contributed by atoms with Gasteiger partial charge in [0.1, 0.15) is 0 Å². The van der Waals surface area contributed by atoms with Gasteiger partial charge in [0.15, 0.2) is 0 Å². The molecule has 0 aliphatic heterocycles. The minimum atomic E-state index is 0.117. The largest absolute Gasteiger partial charge is 0.325 e. The van der Waals surface area contributed by atoms with E-state index in [1.54, 1.807) is 0 Å². The van der Waals surface area contributed by atoms with Crippen molar-refractivity contribution in [1.82, 2.24) is 0 Å². The quantitative estimate of drug-likeness (QED) is 0.696. The molecule has 2 atom stereocenters. The molecule has 0 unspecified atom stereocenters. The predicted octanol–water partition coefficient (Wildman–Crippen LogP) is 5.40. The number of hydrogen-bond donors (Lipinski definition) is 1. The van der Waals surface area contributed by atoms with E-state index in [9.17, 15) is 4.79 Å². The minimum absolute atomic E-state index is 0.117. The van der Waals surface area contributed by atoms with E-state index in [-0.39, 0.29) is 11.3 Å². The highest BCUT2D eigenvalue weighted by atomic mass is 79.9. The van der Waals surface area contributed by atoms with Gasteiger partial charge >= 0.3 is 0 Å². The first-order valence-electron chi connectivity index (χ1n) is 8.19. The summed E-state index contributed by atoms with van der Waals surface area (Å²) in [6.07, 6.45) is 8.23. The normalized spacial score (nSPS) is 39.0. The SMILES string of the molecule is O=C(CC12C[C@H]3C[C@@H](CC(Br)(C3)C1)C2)Nc1ccccc1Cl. The second-order valence-corrected chi connectivity index (χ2v) is 9.91. The topological polar surface area (TPSA) is 29.1 Å². The van der Waals surface area contributed by atoms with Crippen molar-refractivity contribution in [3.05, 3.63) is 29.3 Å². The van der Waals surface area contributed by atoms with Crippen molar-refractivity contribution in [3.8, 4) is 0 Å². The molecular formula is C18H21BrClNO. The number of alkyl halides is 1. The van der Waals surface area contributed by atoms with Crippen LogP contribution < -0.4 is 5.32 Å². The molecule has 1 aromatic rings. The molecule has 0 radical (unpaired) electrons. The maximum absolute atomic E-state index is 12.6. The fourth-order valence-electron chi connectivity index (χ4n) is 5.64. The number of amides is 1. The molecule has 0 saturated heterocycles.